The molecule has 7 nitrogen and oxygen atoms in total. The second-order valence-electron chi connectivity index (χ2n) is 6.41. The van der Waals surface area contributed by atoms with E-state index in [4.69, 9.17) is 9.47 Å². The van der Waals surface area contributed by atoms with E-state index < -0.39 is 27.0 Å². The minimum absolute atomic E-state index is 0. The van der Waals surface area contributed by atoms with Crippen LogP contribution < -0.4 is 0 Å². The molecule has 0 heterocycles. The van der Waals surface area contributed by atoms with Gasteiger partial charge in [0.1, 0.15) is 4.90 Å². The molecule has 0 aromatic heterocycles. The molecule has 0 aliphatic rings. The van der Waals surface area contributed by atoms with Crippen molar-refractivity contribution in [3.05, 3.63) is 29.3 Å². The molecular formula is C18H27NaO7S. The van der Waals surface area contributed by atoms with Crippen LogP contribution >= 0.6 is 0 Å². The Balaban J connectivity index is 0.00000676. The average Bonchev–Trinajstić information content (AvgIpc) is 2.62. The third-order valence-electron chi connectivity index (χ3n) is 4.11. The molecule has 1 rings (SSSR count). The topological polar surface area (TPSA) is 107 Å². The molecule has 2 atom stereocenters. The van der Waals surface area contributed by atoms with E-state index in [9.17, 15) is 22.6 Å². The van der Waals surface area contributed by atoms with Crippen molar-refractivity contribution in [3.63, 3.8) is 0 Å². The number of ether oxygens (including phenoxy) is 2. The number of hydrogen-bond acceptors (Lipinski definition) is 6. The maximum absolute atomic E-state index is 12.2. The van der Waals surface area contributed by atoms with Crippen LogP contribution in [0.5, 0.6) is 0 Å². The monoisotopic (exact) mass is 410 g/mol. The third-order valence-corrected chi connectivity index (χ3v) is 5.00. The van der Waals surface area contributed by atoms with Crippen molar-refractivity contribution >= 4 is 51.6 Å². The summed E-state index contributed by atoms with van der Waals surface area (Å²) in [7, 11) is -4.72. The van der Waals surface area contributed by atoms with E-state index in [0.29, 0.717) is 0 Å². The fourth-order valence-corrected chi connectivity index (χ4v) is 2.57. The van der Waals surface area contributed by atoms with Crippen molar-refractivity contribution in [1.82, 2.24) is 0 Å². The summed E-state index contributed by atoms with van der Waals surface area (Å²) in [5.41, 5.74) is -0.395. The van der Waals surface area contributed by atoms with Crippen LogP contribution in [0.15, 0.2) is 23.1 Å². The first-order valence-electron chi connectivity index (χ1n) is 8.55. The fourth-order valence-electron chi connectivity index (χ4n) is 1.86. The van der Waals surface area contributed by atoms with Gasteiger partial charge in [-0.15, -0.1) is 0 Å². The van der Waals surface area contributed by atoms with E-state index in [1.807, 2.05) is 27.7 Å². The first kappa shape index (κ1) is 26.1. The second-order valence-corrected chi connectivity index (χ2v) is 7.80. The molecule has 0 saturated carbocycles. The zero-order chi connectivity index (χ0) is 19.9. The Labute approximate surface area is 182 Å². The van der Waals surface area contributed by atoms with Crippen LogP contribution in [-0.4, -0.2) is 67.7 Å². The Morgan fingerprint density at radius 2 is 1.48 bits per heavy atom. The van der Waals surface area contributed by atoms with E-state index in [1.54, 1.807) is 0 Å². The van der Waals surface area contributed by atoms with E-state index in [2.05, 4.69) is 0 Å². The Morgan fingerprint density at radius 3 is 1.93 bits per heavy atom. The summed E-state index contributed by atoms with van der Waals surface area (Å²) in [6, 6.07) is 3.34. The molecule has 2 unspecified atom stereocenters. The van der Waals surface area contributed by atoms with Crippen molar-refractivity contribution in [1.29, 1.82) is 0 Å². The molecular weight excluding hydrogens is 383 g/mol. The van der Waals surface area contributed by atoms with E-state index in [-0.39, 0.29) is 65.7 Å². The van der Waals surface area contributed by atoms with Gasteiger partial charge in [-0.2, -0.15) is 8.42 Å². The van der Waals surface area contributed by atoms with Gasteiger partial charge in [0.05, 0.1) is 24.3 Å². The van der Waals surface area contributed by atoms with Crippen LogP contribution in [-0.2, 0) is 19.6 Å². The van der Waals surface area contributed by atoms with Crippen molar-refractivity contribution < 1.29 is 32.0 Å². The van der Waals surface area contributed by atoms with Crippen molar-refractivity contribution in [3.8, 4) is 0 Å². The molecule has 148 valence electrons. The summed E-state index contributed by atoms with van der Waals surface area (Å²) in [6.45, 7) is 7.99. The molecule has 0 aliphatic carbocycles. The number of carbonyl (C=O) groups is 2. The minimum atomic E-state index is -4.72. The van der Waals surface area contributed by atoms with Crippen LogP contribution in [0.25, 0.3) is 0 Å². The van der Waals surface area contributed by atoms with Crippen LogP contribution in [0.2, 0.25) is 0 Å². The number of hydrogen-bond donors (Lipinski definition) is 1. The normalized spacial score (nSPS) is 13.2. The Bertz CT molecular complexity index is 746. The van der Waals surface area contributed by atoms with Gasteiger partial charge in [0.25, 0.3) is 10.1 Å². The van der Waals surface area contributed by atoms with Crippen LogP contribution in [0.4, 0.5) is 0 Å². The van der Waals surface area contributed by atoms with Gasteiger partial charge in [-0.3, -0.25) is 4.55 Å². The van der Waals surface area contributed by atoms with Gasteiger partial charge >= 0.3 is 41.5 Å². The molecule has 1 N–H and O–H groups in total. The fraction of sp³-hybridized carbons (Fsp3) is 0.556. The standard InChI is InChI=1S/C18H26O7S.Na.H/c1-5-12(3)10-24-17(19)14-7-8-15(16(9-14)26(21,22)23)18(20)25-11-13(4)6-2;;/h7-9,12-13H,5-6,10-11H2,1-4H3,(H,21,22,23);;. The molecule has 0 amide bonds. The quantitative estimate of drug-likeness (QED) is 0.379. The van der Waals surface area contributed by atoms with E-state index in [0.717, 1.165) is 25.0 Å². The predicted molar refractivity (Wildman–Crippen MR) is 103 cm³/mol. The molecule has 1 aromatic carbocycles. The molecule has 0 bridgehead atoms. The molecule has 0 aliphatic heterocycles. The number of rotatable bonds is 9. The van der Waals surface area contributed by atoms with E-state index >= 15 is 0 Å². The number of carbonyl (C=O) groups excluding carboxylic acids is 2. The second kappa shape index (κ2) is 11.8. The van der Waals surface area contributed by atoms with Gasteiger partial charge in [-0.05, 0) is 30.0 Å². The van der Waals surface area contributed by atoms with Gasteiger partial charge in [0, 0.05) is 0 Å². The van der Waals surface area contributed by atoms with Gasteiger partial charge in [-0.25, -0.2) is 9.59 Å². The van der Waals surface area contributed by atoms with Gasteiger partial charge < -0.3 is 9.47 Å². The van der Waals surface area contributed by atoms with Gasteiger partial charge in [0.15, 0.2) is 0 Å². The van der Waals surface area contributed by atoms with Crippen molar-refractivity contribution in [2.45, 2.75) is 45.4 Å². The summed E-state index contributed by atoms with van der Waals surface area (Å²) in [5.74, 6) is -1.33. The Morgan fingerprint density at radius 1 is 1.00 bits per heavy atom. The van der Waals surface area contributed by atoms with Gasteiger partial charge in [-0.1, -0.05) is 40.5 Å². The maximum atomic E-state index is 12.2. The van der Waals surface area contributed by atoms with Crippen molar-refractivity contribution in [2.24, 2.45) is 11.8 Å². The average molecular weight is 410 g/mol. The molecule has 27 heavy (non-hydrogen) atoms. The van der Waals surface area contributed by atoms with Crippen LogP contribution in [0.1, 0.15) is 61.3 Å². The zero-order valence-electron chi connectivity index (χ0n) is 15.5. The molecule has 0 fully saturated rings. The van der Waals surface area contributed by atoms with Crippen LogP contribution in [0, 0.1) is 11.8 Å². The molecule has 9 heteroatoms. The van der Waals surface area contributed by atoms with Crippen molar-refractivity contribution in [2.75, 3.05) is 13.2 Å². The summed E-state index contributed by atoms with van der Waals surface area (Å²) >= 11 is 0. The zero-order valence-corrected chi connectivity index (χ0v) is 16.3. The third kappa shape index (κ3) is 8.31. The molecule has 1 aromatic rings. The predicted octanol–water partition coefficient (Wildman–Crippen LogP) is 2.69. The summed E-state index contributed by atoms with van der Waals surface area (Å²) < 4.78 is 42.9. The first-order chi connectivity index (χ1) is 12.1. The summed E-state index contributed by atoms with van der Waals surface area (Å²) in [4.78, 5) is 23.5. The first-order valence-corrected chi connectivity index (χ1v) is 9.99. The van der Waals surface area contributed by atoms with E-state index in [1.165, 1.54) is 6.07 Å². The number of benzene rings is 1. The number of esters is 2. The Kier molecular flexibility index (Phi) is 11.4. The Hall–Kier alpha value is -0.930. The summed E-state index contributed by atoms with van der Waals surface area (Å²) in [6.07, 6.45) is 1.61. The SMILES string of the molecule is CCC(C)COC(=O)c1ccc(C(=O)OCC(C)CC)c(S(=O)(=O)O)c1.[NaH]. The van der Waals surface area contributed by atoms with Gasteiger partial charge in [0.2, 0.25) is 0 Å². The van der Waals surface area contributed by atoms with Crippen LogP contribution in [0.3, 0.4) is 0 Å². The summed E-state index contributed by atoms with van der Waals surface area (Å²) in [5, 5.41) is 0. The molecule has 0 radical (unpaired) electrons. The molecule has 0 spiro atoms. The molecule has 0 saturated heterocycles.